The van der Waals surface area contributed by atoms with E-state index in [9.17, 15) is 27.6 Å². The van der Waals surface area contributed by atoms with Gasteiger partial charge in [0.1, 0.15) is 5.75 Å². The second-order valence-corrected chi connectivity index (χ2v) is 11.3. The first-order valence-electron chi connectivity index (χ1n) is 13.8. The summed E-state index contributed by atoms with van der Waals surface area (Å²) < 4.78 is 48.8. The second kappa shape index (κ2) is 9.58. The van der Waals surface area contributed by atoms with Crippen molar-refractivity contribution >= 4 is 28.9 Å². The number of nitrogens with one attached hydrogen (secondary N) is 2. The molecule has 3 heterocycles. The quantitative estimate of drug-likeness (QED) is 0.301. The fraction of sp³-hybridized carbons (Fsp3) is 0.290. The van der Waals surface area contributed by atoms with E-state index in [1.54, 1.807) is 53.4 Å². The number of aromatic nitrogens is 2. The summed E-state index contributed by atoms with van der Waals surface area (Å²) >= 11 is 0. The van der Waals surface area contributed by atoms with Crippen molar-refractivity contribution in [2.45, 2.75) is 37.6 Å². The number of alkyl halides is 3. The van der Waals surface area contributed by atoms with E-state index in [-0.39, 0.29) is 19.0 Å². The lowest BCUT2D eigenvalue weighted by Crippen LogP contribution is -2.52. The molecule has 9 nitrogen and oxygen atoms in total. The standard InChI is InChI=1S/C31H26F3N5O4/c1-43-22-9-6-19-14-38(27(40)24(19)12-22)15-30(28(41)36-29(42)37-30)20-7-4-18(5-8-20)23-10-21(31(32,33)34)11-25-26(23)35-16-39(25)13-17-2-3-17/h4-12,16-17H,2-3,13-15H2,1H3,(H2,36,37,41,42). The van der Waals surface area contributed by atoms with E-state index in [1.807, 2.05) is 0 Å². The summed E-state index contributed by atoms with van der Waals surface area (Å²) in [5.74, 6) is 0.0158. The van der Waals surface area contributed by atoms with Crippen LogP contribution >= 0.6 is 0 Å². The van der Waals surface area contributed by atoms with Gasteiger partial charge in [0.15, 0.2) is 5.54 Å². The van der Waals surface area contributed by atoms with Crippen molar-refractivity contribution < 1.29 is 32.3 Å². The Bertz CT molecular complexity index is 1810. The predicted molar refractivity (Wildman–Crippen MR) is 149 cm³/mol. The van der Waals surface area contributed by atoms with E-state index in [2.05, 4.69) is 15.6 Å². The van der Waals surface area contributed by atoms with Gasteiger partial charge in [-0.15, -0.1) is 0 Å². The van der Waals surface area contributed by atoms with Gasteiger partial charge in [-0.05, 0) is 59.7 Å². The van der Waals surface area contributed by atoms with Crippen molar-refractivity contribution in [2.75, 3.05) is 13.7 Å². The van der Waals surface area contributed by atoms with Crippen LogP contribution in [0.2, 0.25) is 0 Å². The van der Waals surface area contributed by atoms with E-state index >= 15 is 0 Å². The van der Waals surface area contributed by atoms with Crippen molar-refractivity contribution in [3.8, 4) is 16.9 Å². The number of carbonyl (C=O) groups is 3. The van der Waals surface area contributed by atoms with E-state index < -0.39 is 29.2 Å². The average molecular weight is 590 g/mol. The number of ether oxygens (including phenoxy) is 1. The van der Waals surface area contributed by atoms with Crippen LogP contribution in [0.3, 0.4) is 0 Å². The van der Waals surface area contributed by atoms with Crippen molar-refractivity contribution in [3.63, 3.8) is 0 Å². The summed E-state index contributed by atoms with van der Waals surface area (Å²) in [7, 11) is 1.50. The summed E-state index contributed by atoms with van der Waals surface area (Å²) in [6.45, 7) is 0.686. The maximum atomic E-state index is 13.9. The summed E-state index contributed by atoms with van der Waals surface area (Å²) in [5.41, 5.74) is 0.823. The van der Waals surface area contributed by atoms with Gasteiger partial charge in [-0.2, -0.15) is 13.2 Å². The Balaban J connectivity index is 1.25. The smallest absolute Gasteiger partial charge is 0.416 e. The maximum Gasteiger partial charge on any atom is 0.416 e. The Labute approximate surface area is 243 Å². The van der Waals surface area contributed by atoms with E-state index in [0.29, 0.717) is 51.5 Å². The molecule has 1 atom stereocenters. The van der Waals surface area contributed by atoms with Gasteiger partial charge in [0, 0.05) is 24.2 Å². The third-order valence-electron chi connectivity index (χ3n) is 8.46. The Hall–Kier alpha value is -4.87. The number of benzene rings is 3. The van der Waals surface area contributed by atoms with E-state index in [4.69, 9.17) is 4.74 Å². The predicted octanol–water partition coefficient (Wildman–Crippen LogP) is 4.83. The Morgan fingerprint density at radius 3 is 2.44 bits per heavy atom. The van der Waals surface area contributed by atoms with Gasteiger partial charge in [-0.3, -0.25) is 14.9 Å². The number of nitrogens with zero attached hydrogens (tertiary/aromatic N) is 3. The minimum atomic E-state index is -4.56. The van der Waals surface area contributed by atoms with Gasteiger partial charge in [0.2, 0.25) is 0 Å². The first kappa shape index (κ1) is 27.0. The molecule has 0 spiro atoms. The fourth-order valence-electron chi connectivity index (χ4n) is 5.98. The molecule has 2 fully saturated rings. The summed E-state index contributed by atoms with van der Waals surface area (Å²) in [5, 5.41) is 4.96. The SMILES string of the molecule is COc1ccc2c(c1)C(=O)N(CC1(c3ccc(-c4cc(C(F)(F)F)cc5c4ncn5CC4CC4)cc3)NC(=O)NC1=O)C2. The molecular weight excluding hydrogens is 563 g/mol. The molecule has 4 amide bonds. The molecule has 1 saturated heterocycles. The number of halogens is 3. The molecule has 7 rings (SSSR count). The normalized spacial score (nSPS) is 20.0. The number of imide groups is 1. The molecule has 1 saturated carbocycles. The zero-order valence-corrected chi connectivity index (χ0v) is 23.0. The van der Waals surface area contributed by atoms with Crippen LogP contribution in [-0.4, -0.2) is 46.0 Å². The van der Waals surface area contributed by atoms with Gasteiger partial charge in [-0.1, -0.05) is 30.3 Å². The van der Waals surface area contributed by atoms with Crippen molar-refractivity contribution in [2.24, 2.45) is 5.92 Å². The zero-order valence-electron chi connectivity index (χ0n) is 23.0. The molecule has 0 radical (unpaired) electrons. The number of hydrogen-bond donors (Lipinski definition) is 2. The zero-order chi connectivity index (χ0) is 30.1. The average Bonchev–Trinajstić information content (AvgIpc) is 3.53. The summed E-state index contributed by atoms with van der Waals surface area (Å²) in [6, 6.07) is 13.1. The largest absolute Gasteiger partial charge is 0.497 e. The van der Waals surface area contributed by atoms with Gasteiger partial charge < -0.3 is 19.5 Å². The molecular formula is C31H26F3N5O4. The van der Waals surface area contributed by atoms with Gasteiger partial charge >= 0.3 is 12.2 Å². The molecule has 3 aromatic carbocycles. The number of amides is 4. The molecule has 43 heavy (non-hydrogen) atoms. The number of methoxy groups -OCH3 is 1. The molecule has 12 heteroatoms. The van der Waals surface area contributed by atoms with Gasteiger partial charge in [0.05, 0.1) is 36.6 Å². The molecule has 2 aliphatic heterocycles. The molecule has 1 aliphatic carbocycles. The highest BCUT2D eigenvalue weighted by Gasteiger charge is 2.50. The minimum Gasteiger partial charge on any atom is -0.497 e. The lowest BCUT2D eigenvalue weighted by molar-refractivity contribution is -0.137. The third kappa shape index (κ3) is 4.57. The van der Waals surface area contributed by atoms with E-state index in [0.717, 1.165) is 30.5 Å². The number of fused-ring (bicyclic) bond motifs is 2. The van der Waals surface area contributed by atoms with Crippen LogP contribution in [0.25, 0.3) is 22.2 Å². The Kier molecular flexibility index (Phi) is 6.01. The van der Waals surface area contributed by atoms with E-state index in [1.165, 1.54) is 12.0 Å². The monoisotopic (exact) mass is 589 g/mol. The van der Waals surface area contributed by atoms with Crippen molar-refractivity contribution in [1.29, 1.82) is 0 Å². The fourth-order valence-corrected chi connectivity index (χ4v) is 5.98. The van der Waals surface area contributed by atoms with Crippen LogP contribution in [-0.2, 0) is 29.6 Å². The molecule has 0 bridgehead atoms. The summed E-state index contributed by atoms with van der Waals surface area (Å²) in [4.78, 5) is 44.9. The van der Waals surface area contributed by atoms with Crippen molar-refractivity contribution in [1.82, 2.24) is 25.1 Å². The third-order valence-corrected chi connectivity index (χ3v) is 8.46. The van der Waals surface area contributed by atoms with Crippen molar-refractivity contribution in [3.05, 3.63) is 83.2 Å². The first-order chi connectivity index (χ1) is 20.6. The van der Waals surface area contributed by atoms with Crippen LogP contribution in [0.1, 0.15) is 39.9 Å². The lowest BCUT2D eigenvalue weighted by Gasteiger charge is -2.31. The van der Waals surface area contributed by atoms with Gasteiger partial charge in [-0.25, -0.2) is 9.78 Å². The number of urea groups is 1. The lowest BCUT2D eigenvalue weighted by atomic mass is 9.87. The maximum absolute atomic E-state index is 13.9. The Morgan fingerprint density at radius 1 is 1.02 bits per heavy atom. The molecule has 4 aromatic rings. The topological polar surface area (TPSA) is 106 Å². The van der Waals surface area contributed by atoms with Crippen LogP contribution in [0.4, 0.5) is 18.0 Å². The van der Waals surface area contributed by atoms with Crippen LogP contribution in [0.15, 0.2) is 60.9 Å². The first-order valence-corrected chi connectivity index (χ1v) is 13.8. The summed E-state index contributed by atoms with van der Waals surface area (Å²) in [6.07, 6.45) is -0.892. The van der Waals surface area contributed by atoms with Gasteiger partial charge in [0.25, 0.3) is 11.8 Å². The highest BCUT2D eigenvalue weighted by atomic mass is 19.4. The molecule has 220 valence electrons. The van der Waals surface area contributed by atoms with Crippen LogP contribution < -0.4 is 15.4 Å². The molecule has 1 unspecified atom stereocenters. The van der Waals surface area contributed by atoms with Crippen LogP contribution in [0.5, 0.6) is 5.75 Å². The van der Waals surface area contributed by atoms with Crippen LogP contribution in [0, 0.1) is 5.92 Å². The number of hydrogen-bond acceptors (Lipinski definition) is 5. The highest BCUT2D eigenvalue weighted by molar-refractivity contribution is 6.08. The minimum absolute atomic E-state index is 0.154. The number of rotatable bonds is 7. The molecule has 3 aliphatic rings. The second-order valence-electron chi connectivity index (χ2n) is 11.3. The molecule has 2 N–H and O–H groups in total. The number of imidazole rings is 1. The number of carbonyl (C=O) groups excluding carboxylic acids is 3. The Morgan fingerprint density at radius 2 is 1.79 bits per heavy atom. The molecule has 1 aromatic heterocycles. The highest BCUT2D eigenvalue weighted by Crippen LogP contribution is 2.39.